The first kappa shape index (κ1) is 18.2. The number of benzene rings is 2. The van der Waals surface area contributed by atoms with Crippen LogP contribution in [0.25, 0.3) is 22.3 Å². The van der Waals surface area contributed by atoms with Crippen molar-refractivity contribution in [3.05, 3.63) is 92.3 Å². The third kappa shape index (κ3) is 3.25. The summed E-state index contributed by atoms with van der Waals surface area (Å²) in [5.41, 5.74) is 1.88. The third-order valence-electron chi connectivity index (χ3n) is 4.74. The van der Waals surface area contributed by atoms with Crippen LogP contribution in [0.5, 0.6) is 0 Å². The number of para-hydroxylation sites is 1. The SMILES string of the molecule is Cc1c(-c2ccccc2)oc2c(C(=O)N[C@H](C)c3cccs3)cccc2c1=O. The molecule has 1 atom stereocenters. The average molecular weight is 389 g/mol. The van der Waals surface area contributed by atoms with E-state index in [-0.39, 0.29) is 17.4 Å². The highest BCUT2D eigenvalue weighted by Crippen LogP contribution is 2.28. The number of carbonyl (C=O) groups excluding carboxylic acids is 1. The van der Waals surface area contributed by atoms with E-state index in [1.807, 2.05) is 54.8 Å². The predicted octanol–water partition coefficient (Wildman–Crippen LogP) is 5.32. The van der Waals surface area contributed by atoms with Gasteiger partial charge in [-0.2, -0.15) is 0 Å². The van der Waals surface area contributed by atoms with Gasteiger partial charge in [0.1, 0.15) is 5.76 Å². The molecule has 140 valence electrons. The molecule has 0 saturated carbocycles. The maximum Gasteiger partial charge on any atom is 0.255 e. The lowest BCUT2D eigenvalue weighted by atomic mass is 10.0. The Morgan fingerprint density at radius 3 is 2.54 bits per heavy atom. The molecule has 2 aromatic heterocycles. The number of hydrogen-bond donors (Lipinski definition) is 1. The summed E-state index contributed by atoms with van der Waals surface area (Å²) in [6.45, 7) is 3.68. The molecule has 1 amide bonds. The van der Waals surface area contributed by atoms with Gasteiger partial charge in [0.25, 0.3) is 5.91 Å². The number of carbonyl (C=O) groups is 1. The van der Waals surface area contributed by atoms with Crippen molar-refractivity contribution in [3.8, 4) is 11.3 Å². The maximum absolute atomic E-state index is 12.9. The standard InChI is InChI=1S/C23H19NO3S/c1-14-20(25)17-10-6-11-18(23(26)24-15(2)19-12-7-13-28-19)22(17)27-21(14)16-8-4-3-5-9-16/h3-13,15H,1-2H3,(H,24,26)/t15-/m1/s1. The van der Waals surface area contributed by atoms with E-state index >= 15 is 0 Å². The van der Waals surface area contributed by atoms with Crippen LogP contribution in [0.2, 0.25) is 0 Å². The second kappa shape index (κ2) is 7.44. The molecule has 1 N–H and O–H groups in total. The number of thiophene rings is 1. The van der Waals surface area contributed by atoms with Crippen molar-refractivity contribution in [3.63, 3.8) is 0 Å². The molecule has 2 heterocycles. The Balaban J connectivity index is 1.82. The summed E-state index contributed by atoms with van der Waals surface area (Å²) in [7, 11) is 0. The highest BCUT2D eigenvalue weighted by atomic mass is 32.1. The van der Waals surface area contributed by atoms with Gasteiger partial charge in [0.2, 0.25) is 0 Å². The number of nitrogens with one attached hydrogen (secondary N) is 1. The van der Waals surface area contributed by atoms with Gasteiger partial charge in [0.05, 0.1) is 17.0 Å². The molecule has 4 rings (SSSR count). The summed E-state index contributed by atoms with van der Waals surface area (Å²) >= 11 is 1.59. The second-order valence-corrected chi connectivity index (χ2v) is 7.62. The number of rotatable bonds is 4. The van der Waals surface area contributed by atoms with Gasteiger partial charge in [-0.25, -0.2) is 0 Å². The molecular formula is C23H19NO3S. The van der Waals surface area contributed by atoms with Gasteiger partial charge in [-0.15, -0.1) is 11.3 Å². The zero-order valence-corrected chi connectivity index (χ0v) is 16.4. The molecule has 4 aromatic rings. The van der Waals surface area contributed by atoms with Crippen molar-refractivity contribution in [2.75, 3.05) is 0 Å². The third-order valence-corrected chi connectivity index (χ3v) is 5.80. The van der Waals surface area contributed by atoms with Crippen LogP contribution in [0.4, 0.5) is 0 Å². The molecule has 2 aromatic carbocycles. The van der Waals surface area contributed by atoms with Crippen LogP contribution in [0.3, 0.4) is 0 Å². The normalized spacial score (nSPS) is 12.1. The Morgan fingerprint density at radius 2 is 1.82 bits per heavy atom. The van der Waals surface area contributed by atoms with Crippen LogP contribution in [-0.4, -0.2) is 5.91 Å². The van der Waals surface area contributed by atoms with Crippen LogP contribution >= 0.6 is 11.3 Å². The van der Waals surface area contributed by atoms with E-state index in [1.54, 1.807) is 36.5 Å². The van der Waals surface area contributed by atoms with Crippen LogP contribution in [0.15, 0.2) is 75.3 Å². The Hall–Kier alpha value is -3.18. The molecule has 0 aliphatic rings. The highest BCUT2D eigenvalue weighted by Gasteiger charge is 2.20. The van der Waals surface area contributed by atoms with Crippen LogP contribution < -0.4 is 10.7 Å². The van der Waals surface area contributed by atoms with Gasteiger partial charge < -0.3 is 9.73 Å². The molecule has 5 heteroatoms. The number of hydrogen-bond acceptors (Lipinski definition) is 4. The minimum Gasteiger partial charge on any atom is -0.455 e. The first-order valence-electron chi connectivity index (χ1n) is 9.02. The summed E-state index contributed by atoms with van der Waals surface area (Å²) in [6.07, 6.45) is 0. The smallest absolute Gasteiger partial charge is 0.255 e. The minimum absolute atomic E-state index is 0.124. The zero-order valence-electron chi connectivity index (χ0n) is 15.6. The van der Waals surface area contributed by atoms with E-state index in [9.17, 15) is 9.59 Å². The van der Waals surface area contributed by atoms with Gasteiger partial charge in [0, 0.05) is 16.0 Å². The lowest BCUT2D eigenvalue weighted by molar-refractivity contribution is 0.0941. The Morgan fingerprint density at radius 1 is 1.04 bits per heavy atom. The topological polar surface area (TPSA) is 59.3 Å². The van der Waals surface area contributed by atoms with Crippen molar-refractivity contribution in [2.24, 2.45) is 0 Å². The molecule has 0 aliphatic carbocycles. The van der Waals surface area contributed by atoms with Gasteiger partial charge in [-0.3, -0.25) is 9.59 Å². The van der Waals surface area contributed by atoms with Gasteiger partial charge in [0.15, 0.2) is 11.0 Å². The lowest BCUT2D eigenvalue weighted by Gasteiger charge is -2.14. The van der Waals surface area contributed by atoms with E-state index in [0.29, 0.717) is 27.9 Å². The van der Waals surface area contributed by atoms with Crippen LogP contribution in [0, 0.1) is 6.92 Å². The molecule has 4 nitrogen and oxygen atoms in total. The molecule has 28 heavy (non-hydrogen) atoms. The highest BCUT2D eigenvalue weighted by molar-refractivity contribution is 7.10. The Bertz CT molecular complexity index is 1190. The summed E-state index contributed by atoms with van der Waals surface area (Å²) in [4.78, 5) is 26.9. The number of fused-ring (bicyclic) bond motifs is 1. The molecule has 0 fully saturated rings. The summed E-state index contributed by atoms with van der Waals surface area (Å²) in [5.74, 6) is 0.224. The van der Waals surface area contributed by atoms with E-state index in [0.717, 1.165) is 10.4 Å². The van der Waals surface area contributed by atoms with Crippen molar-refractivity contribution >= 4 is 28.2 Å². The molecule has 0 saturated heterocycles. The monoisotopic (exact) mass is 389 g/mol. The fraction of sp³-hybridized carbons (Fsp3) is 0.130. The quantitative estimate of drug-likeness (QED) is 0.514. The van der Waals surface area contributed by atoms with Crippen LogP contribution in [0.1, 0.15) is 33.8 Å². The molecule has 0 radical (unpaired) electrons. The minimum atomic E-state index is -0.266. The maximum atomic E-state index is 12.9. The van der Waals surface area contributed by atoms with Crippen molar-refractivity contribution in [1.29, 1.82) is 0 Å². The fourth-order valence-corrected chi connectivity index (χ4v) is 3.97. The van der Waals surface area contributed by atoms with E-state index < -0.39 is 0 Å². The molecule has 0 aliphatic heterocycles. The molecule has 0 unspecified atom stereocenters. The van der Waals surface area contributed by atoms with Gasteiger partial charge in [-0.1, -0.05) is 42.5 Å². The van der Waals surface area contributed by atoms with Gasteiger partial charge >= 0.3 is 0 Å². The zero-order chi connectivity index (χ0) is 19.7. The first-order valence-corrected chi connectivity index (χ1v) is 9.90. The predicted molar refractivity (Wildman–Crippen MR) is 113 cm³/mol. The lowest BCUT2D eigenvalue weighted by Crippen LogP contribution is -2.26. The fourth-order valence-electron chi connectivity index (χ4n) is 3.24. The number of amides is 1. The van der Waals surface area contributed by atoms with Crippen molar-refractivity contribution in [2.45, 2.75) is 19.9 Å². The second-order valence-electron chi connectivity index (χ2n) is 6.64. The average Bonchev–Trinajstić information content (AvgIpc) is 3.26. The van der Waals surface area contributed by atoms with E-state index in [1.165, 1.54) is 0 Å². The van der Waals surface area contributed by atoms with Crippen molar-refractivity contribution in [1.82, 2.24) is 5.32 Å². The molecule has 0 spiro atoms. The Kier molecular flexibility index (Phi) is 4.84. The summed E-state index contributed by atoms with van der Waals surface area (Å²) in [5, 5.41) is 5.38. The largest absolute Gasteiger partial charge is 0.455 e. The summed E-state index contributed by atoms with van der Waals surface area (Å²) < 4.78 is 6.13. The van der Waals surface area contributed by atoms with Crippen molar-refractivity contribution < 1.29 is 9.21 Å². The van der Waals surface area contributed by atoms with E-state index in [2.05, 4.69) is 5.32 Å². The molecular weight excluding hydrogens is 370 g/mol. The van der Waals surface area contributed by atoms with Gasteiger partial charge in [-0.05, 0) is 37.4 Å². The summed E-state index contributed by atoms with van der Waals surface area (Å²) in [6, 6.07) is 18.4. The molecule has 0 bridgehead atoms. The van der Waals surface area contributed by atoms with E-state index in [4.69, 9.17) is 4.42 Å². The van der Waals surface area contributed by atoms with Crippen LogP contribution in [-0.2, 0) is 0 Å². The first-order chi connectivity index (χ1) is 13.6. The Labute approximate surface area is 166 Å².